The number of hydrogen-bond donors (Lipinski definition) is 4. The molecule has 5 rings (SSSR count). The van der Waals surface area contributed by atoms with Crippen LogP contribution in [-0.2, 0) is 35.7 Å². The molecule has 1 aromatic carbocycles. The molecule has 2 heterocycles. The lowest BCUT2D eigenvalue weighted by Crippen LogP contribution is -2.74. The summed E-state index contributed by atoms with van der Waals surface area (Å²) in [5.74, 6) is -1.39. The van der Waals surface area contributed by atoms with Gasteiger partial charge in [-0.1, -0.05) is 19.9 Å². The maximum atomic E-state index is 13.1. The molecule has 11 nitrogen and oxygen atoms in total. The molecule has 218 valence electrons. The number of benzene rings is 1. The second kappa shape index (κ2) is 10.0. The van der Waals surface area contributed by atoms with Crippen LogP contribution in [0.2, 0.25) is 0 Å². The molecule has 2 bridgehead atoms. The average Bonchev–Trinajstić information content (AvgIpc) is 3.24. The molecule has 2 aliphatic heterocycles. The Morgan fingerprint density at radius 1 is 1.23 bits per heavy atom. The van der Waals surface area contributed by atoms with Gasteiger partial charge in [0.25, 0.3) is 0 Å². The van der Waals surface area contributed by atoms with Crippen LogP contribution in [0.3, 0.4) is 0 Å². The molecule has 7 atom stereocenters. The van der Waals surface area contributed by atoms with Gasteiger partial charge in [0, 0.05) is 18.0 Å². The van der Waals surface area contributed by atoms with Crippen molar-refractivity contribution in [2.75, 3.05) is 13.6 Å². The van der Waals surface area contributed by atoms with E-state index < -0.39 is 53.2 Å². The number of aliphatic hydroxyl groups is 1. The topological polar surface area (TPSA) is 161 Å². The largest absolute Gasteiger partial charge is 0.504 e. The summed E-state index contributed by atoms with van der Waals surface area (Å²) in [4.78, 5) is 40.1. The van der Waals surface area contributed by atoms with Gasteiger partial charge in [-0.2, -0.15) is 0 Å². The molecule has 1 saturated heterocycles. The third-order valence-electron chi connectivity index (χ3n) is 8.97. The van der Waals surface area contributed by atoms with Crippen molar-refractivity contribution in [1.82, 2.24) is 10.2 Å². The molecule has 5 N–H and O–H groups in total. The summed E-state index contributed by atoms with van der Waals surface area (Å²) in [6.45, 7) is 7.42. The molecule has 4 aliphatic rings. The van der Waals surface area contributed by atoms with Gasteiger partial charge in [0.05, 0.1) is 17.1 Å². The van der Waals surface area contributed by atoms with E-state index in [4.69, 9.17) is 19.9 Å². The second-order valence-electron chi connectivity index (χ2n) is 12.1. The summed E-state index contributed by atoms with van der Waals surface area (Å²) in [5, 5.41) is 25.3. The number of phenols is 1. The summed E-state index contributed by atoms with van der Waals surface area (Å²) < 4.78 is 17.3. The molecule has 0 unspecified atom stereocenters. The van der Waals surface area contributed by atoms with Gasteiger partial charge in [0.1, 0.15) is 11.8 Å². The van der Waals surface area contributed by atoms with Gasteiger partial charge in [0.15, 0.2) is 23.7 Å². The van der Waals surface area contributed by atoms with Crippen LogP contribution in [0, 0.1) is 5.92 Å². The Morgan fingerprint density at radius 3 is 2.65 bits per heavy atom. The van der Waals surface area contributed by atoms with E-state index in [0.717, 1.165) is 11.1 Å². The fourth-order valence-corrected chi connectivity index (χ4v) is 6.96. The first-order valence-corrected chi connectivity index (χ1v) is 13.9. The van der Waals surface area contributed by atoms with Crippen LogP contribution < -0.4 is 15.8 Å². The number of carbonyl (C=O) groups excluding carboxylic acids is 3. The van der Waals surface area contributed by atoms with E-state index >= 15 is 0 Å². The number of likely N-dealkylation sites (N-methyl/N-ethyl adjacent to an activating group) is 1. The van der Waals surface area contributed by atoms with Crippen molar-refractivity contribution in [3.05, 3.63) is 35.1 Å². The summed E-state index contributed by atoms with van der Waals surface area (Å²) in [6.07, 6.45) is 1.39. The molecule has 0 saturated carbocycles. The number of rotatable bonds is 8. The lowest BCUT2D eigenvalue weighted by molar-refractivity contribution is -0.176. The zero-order chi connectivity index (χ0) is 29.1. The molecular weight excluding hydrogens is 518 g/mol. The van der Waals surface area contributed by atoms with Crippen LogP contribution in [0.25, 0.3) is 0 Å². The number of nitrogens with two attached hydrogens (primary N) is 1. The van der Waals surface area contributed by atoms with Crippen LogP contribution in [0.1, 0.15) is 58.1 Å². The molecule has 1 amide bonds. The first kappa shape index (κ1) is 28.4. The summed E-state index contributed by atoms with van der Waals surface area (Å²) in [5.41, 5.74) is 5.58. The van der Waals surface area contributed by atoms with E-state index in [1.165, 1.54) is 13.8 Å². The summed E-state index contributed by atoms with van der Waals surface area (Å²) >= 11 is 0. The fraction of sp³-hybridized carbons (Fsp3) is 0.621. The van der Waals surface area contributed by atoms with Crippen molar-refractivity contribution in [3.63, 3.8) is 0 Å². The predicted molar refractivity (Wildman–Crippen MR) is 143 cm³/mol. The van der Waals surface area contributed by atoms with Gasteiger partial charge in [-0.05, 0) is 70.3 Å². The highest BCUT2D eigenvalue weighted by Crippen LogP contribution is 2.65. The molecule has 0 radical (unpaired) electrons. The van der Waals surface area contributed by atoms with Crippen molar-refractivity contribution in [2.24, 2.45) is 11.7 Å². The van der Waals surface area contributed by atoms with E-state index in [0.29, 0.717) is 31.6 Å². The van der Waals surface area contributed by atoms with Crippen molar-refractivity contribution < 1.29 is 38.8 Å². The third-order valence-corrected chi connectivity index (χ3v) is 8.97. The Morgan fingerprint density at radius 2 is 1.95 bits per heavy atom. The molecule has 1 fully saturated rings. The van der Waals surface area contributed by atoms with Gasteiger partial charge < -0.3 is 40.4 Å². The number of nitrogens with zero attached hydrogens (tertiary/aromatic N) is 1. The predicted octanol–water partition coefficient (Wildman–Crippen LogP) is 1.02. The number of ether oxygens (including phenoxy) is 3. The number of piperidine rings is 1. The van der Waals surface area contributed by atoms with Gasteiger partial charge in [-0.3, -0.25) is 4.79 Å². The Bertz CT molecular complexity index is 1260. The molecular formula is C29H39N3O8. The standard InChI is InChI=1S/C29H39N3O8/c1-14(2)12-18(30)25(34)31-15(3)26(35)38-16(4)27(36)39-20-8-9-29(37)21-13-17-6-7-19(33)23-22(17)28(29,24(20)40-23)10-11-32(21)5/h6-8,14-16,18,21,24,33,37H,9-13,30H2,1-5H3,(H,31,34)/t15-,16-,18-,21+,24-,28-,29+/m0/s1. The van der Waals surface area contributed by atoms with Crippen LogP contribution in [0.15, 0.2) is 24.0 Å². The van der Waals surface area contributed by atoms with Crippen molar-refractivity contribution in [2.45, 2.75) is 94.7 Å². The van der Waals surface area contributed by atoms with Crippen LogP contribution in [0.5, 0.6) is 11.5 Å². The molecule has 40 heavy (non-hydrogen) atoms. The van der Waals surface area contributed by atoms with Crippen LogP contribution in [0.4, 0.5) is 0 Å². The van der Waals surface area contributed by atoms with Gasteiger partial charge in [-0.15, -0.1) is 0 Å². The molecule has 11 heteroatoms. The summed E-state index contributed by atoms with van der Waals surface area (Å²) in [7, 11) is 1.99. The van der Waals surface area contributed by atoms with Crippen molar-refractivity contribution >= 4 is 17.8 Å². The second-order valence-corrected chi connectivity index (χ2v) is 12.1. The Balaban J connectivity index is 1.31. The zero-order valence-electron chi connectivity index (χ0n) is 23.6. The maximum Gasteiger partial charge on any atom is 0.352 e. The number of nitrogens with one attached hydrogen (secondary N) is 1. The Kier molecular flexibility index (Phi) is 7.12. The molecule has 2 aliphatic carbocycles. The number of carbonyl (C=O) groups is 3. The van der Waals surface area contributed by atoms with Gasteiger partial charge in [-0.25, -0.2) is 9.59 Å². The lowest BCUT2D eigenvalue weighted by Gasteiger charge is -2.61. The smallest absolute Gasteiger partial charge is 0.352 e. The molecule has 0 aromatic heterocycles. The zero-order valence-corrected chi connectivity index (χ0v) is 23.6. The van der Waals surface area contributed by atoms with Gasteiger partial charge >= 0.3 is 11.9 Å². The SMILES string of the molecule is CC(C)C[C@H](N)C(=O)N[C@@H](C)C(=O)O[C@@H](C)C(=O)OC1=CC[C@@]2(O)[C@H]3Cc4ccc(O)c5c4[C@@]2(CCN3C)[C@H]1O5. The highest BCUT2D eigenvalue weighted by Gasteiger charge is 2.72. The minimum atomic E-state index is -1.28. The van der Waals surface area contributed by atoms with E-state index in [9.17, 15) is 24.6 Å². The Labute approximate surface area is 233 Å². The van der Waals surface area contributed by atoms with E-state index in [1.54, 1.807) is 12.1 Å². The fourth-order valence-electron chi connectivity index (χ4n) is 6.96. The number of amides is 1. The number of hydrogen-bond acceptors (Lipinski definition) is 10. The van der Waals surface area contributed by atoms with Crippen molar-refractivity contribution in [3.8, 4) is 11.5 Å². The highest BCUT2D eigenvalue weighted by atomic mass is 16.6. The average molecular weight is 558 g/mol. The number of esters is 2. The normalized spacial score (nSPS) is 30.4. The lowest BCUT2D eigenvalue weighted by atomic mass is 9.50. The summed E-state index contributed by atoms with van der Waals surface area (Å²) in [6, 6.07) is 1.51. The van der Waals surface area contributed by atoms with Gasteiger partial charge in [0.2, 0.25) is 5.91 Å². The number of aromatic hydroxyl groups is 1. The monoisotopic (exact) mass is 557 g/mol. The minimum absolute atomic E-state index is 0.0284. The highest BCUT2D eigenvalue weighted by molar-refractivity contribution is 5.88. The van der Waals surface area contributed by atoms with Crippen LogP contribution in [-0.4, -0.2) is 82.5 Å². The maximum absolute atomic E-state index is 13.1. The first-order chi connectivity index (χ1) is 18.8. The Hall–Kier alpha value is -3.15. The molecule has 1 aromatic rings. The first-order valence-electron chi connectivity index (χ1n) is 13.9. The minimum Gasteiger partial charge on any atom is -0.504 e. The van der Waals surface area contributed by atoms with Crippen LogP contribution >= 0.6 is 0 Å². The van der Waals surface area contributed by atoms with E-state index in [2.05, 4.69) is 10.2 Å². The number of likely N-dealkylation sites (tertiary alicyclic amines) is 1. The number of phenolic OH excluding ortho intramolecular Hbond substituents is 1. The quantitative estimate of drug-likeness (QED) is 0.340. The third kappa shape index (κ3) is 4.26. The van der Waals surface area contributed by atoms with Crippen molar-refractivity contribution in [1.29, 1.82) is 0 Å². The molecule has 1 spiro atoms. The van der Waals surface area contributed by atoms with E-state index in [-0.39, 0.29) is 29.9 Å². The van der Waals surface area contributed by atoms with E-state index in [1.807, 2.05) is 27.0 Å².